The molecule has 104 valence electrons. The van der Waals surface area contributed by atoms with Crippen LogP contribution in [0.25, 0.3) is 0 Å². The Bertz CT molecular complexity index is 289. The van der Waals surface area contributed by atoms with Crippen molar-refractivity contribution in [3.63, 3.8) is 0 Å². The quantitative estimate of drug-likeness (QED) is 0.813. The molecule has 1 unspecified atom stereocenters. The van der Waals surface area contributed by atoms with E-state index in [0.29, 0.717) is 0 Å². The van der Waals surface area contributed by atoms with Gasteiger partial charge in [0.1, 0.15) is 0 Å². The van der Waals surface area contributed by atoms with Crippen molar-refractivity contribution in [2.45, 2.75) is 82.3 Å². The molecule has 2 N–H and O–H groups in total. The number of ether oxygens (including phenoxy) is 1. The highest BCUT2D eigenvalue weighted by molar-refractivity contribution is 5.02. The van der Waals surface area contributed by atoms with E-state index in [2.05, 4.69) is 6.92 Å². The zero-order chi connectivity index (χ0) is 12.6. The van der Waals surface area contributed by atoms with Gasteiger partial charge in [0.05, 0.1) is 5.60 Å². The maximum absolute atomic E-state index is 6.80. The highest BCUT2D eigenvalue weighted by atomic mass is 16.5. The van der Waals surface area contributed by atoms with Crippen LogP contribution in [0.2, 0.25) is 0 Å². The first-order valence-corrected chi connectivity index (χ1v) is 8.09. The number of rotatable bonds is 2. The Morgan fingerprint density at radius 3 is 2.39 bits per heavy atom. The SMILES string of the molecule is CCC1CCC(N)(C2CCOC3(CCC3)C2)CC1. The summed E-state index contributed by atoms with van der Waals surface area (Å²) in [6.07, 6.45) is 13.0. The summed E-state index contributed by atoms with van der Waals surface area (Å²) in [7, 11) is 0. The van der Waals surface area contributed by atoms with Crippen molar-refractivity contribution in [2.24, 2.45) is 17.6 Å². The molecule has 3 rings (SSSR count). The van der Waals surface area contributed by atoms with Crippen LogP contribution in [0, 0.1) is 11.8 Å². The first kappa shape index (κ1) is 12.9. The zero-order valence-corrected chi connectivity index (χ0v) is 11.9. The third-order valence-electron chi connectivity index (χ3n) is 6.18. The minimum absolute atomic E-state index is 0.137. The second-order valence-electron chi connectivity index (χ2n) is 7.16. The summed E-state index contributed by atoms with van der Waals surface area (Å²) < 4.78 is 6.05. The summed E-state index contributed by atoms with van der Waals surface area (Å²) in [4.78, 5) is 0. The minimum atomic E-state index is 0.137. The normalized spacial score (nSPS) is 43.7. The highest BCUT2D eigenvalue weighted by Crippen LogP contribution is 2.49. The van der Waals surface area contributed by atoms with E-state index in [0.717, 1.165) is 18.4 Å². The topological polar surface area (TPSA) is 35.2 Å². The third-order valence-corrected chi connectivity index (χ3v) is 6.18. The summed E-state index contributed by atoms with van der Waals surface area (Å²) in [5.41, 5.74) is 7.19. The number of hydrogen-bond acceptors (Lipinski definition) is 2. The van der Waals surface area contributed by atoms with Crippen molar-refractivity contribution < 1.29 is 4.74 Å². The van der Waals surface area contributed by atoms with Crippen molar-refractivity contribution in [3.05, 3.63) is 0 Å². The van der Waals surface area contributed by atoms with Crippen LogP contribution in [0.3, 0.4) is 0 Å². The Morgan fingerprint density at radius 2 is 1.83 bits per heavy atom. The molecule has 3 aliphatic rings. The van der Waals surface area contributed by atoms with Crippen LogP contribution in [-0.4, -0.2) is 17.7 Å². The Balaban J connectivity index is 1.63. The lowest BCUT2D eigenvalue weighted by Gasteiger charge is -2.52. The maximum Gasteiger partial charge on any atom is 0.0686 e. The van der Waals surface area contributed by atoms with Crippen LogP contribution in [0.15, 0.2) is 0 Å². The molecule has 0 amide bonds. The number of nitrogens with two attached hydrogens (primary N) is 1. The van der Waals surface area contributed by atoms with Crippen molar-refractivity contribution in [2.75, 3.05) is 6.61 Å². The van der Waals surface area contributed by atoms with Gasteiger partial charge in [-0.05, 0) is 69.6 Å². The maximum atomic E-state index is 6.80. The molecule has 0 radical (unpaired) electrons. The van der Waals surface area contributed by atoms with Gasteiger partial charge < -0.3 is 10.5 Å². The van der Waals surface area contributed by atoms with Crippen molar-refractivity contribution in [3.8, 4) is 0 Å². The molecule has 2 saturated carbocycles. The fraction of sp³-hybridized carbons (Fsp3) is 1.00. The van der Waals surface area contributed by atoms with Crippen molar-refractivity contribution in [1.82, 2.24) is 0 Å². The van der Waals surface area contributed by atoms with Crippen LogP contribution < -0.4 is 5.73 Å². The molecule has 3 fully saturated rings. The van der Waals surface area contributed by atoms with E-state index >= 15 is 0 Å². The monoisotopic (exact) mass is 251 g/mol. The highest BCUT2D eigenvalue weighted by Gasteiger charge is 2.48. The molecule has 1 heterocycles. The van der Waals surface area contributed by atoms with E-state index in [4.69, 9.17) is 10.5 Å². The summed E-state index contributed by atoms with van der Waals surface area (Å²) >= 11 is 0. The molecule has 18 heavy (non-hydrogen) atoms. The van der Waals surface area contributed by atoms with E-state index in [1.807, 2.05) is 0 Å². The van der Waals surface area contributed by atoms with E-state index in [-0.39, 0.29) is 11.1 Å². The van der Waals surface area contributed by atoms with Gasteiger partial charge in [-0.1, -0.05) is 13.3 Å². The molecule has 2 heteroatoms. The molecule has 1 saturated heterocycles. The molecule has 0 aromatic carbocycles. The molecule has 1 spiro atoms. The first-order chi connectivity index (χ1) is 8.66. The van der Waals surface area contributed by atoms with E-state index in [1.165, 1.54) is 64.2 Å². The molecule has 2 nitrogen and oxygen atoms in total. The van der Waals surface area contributed by atoms with Gasteiger partial charge in [-0.3, -0.25) is 0 Å². The summed E-state index contributed by atoms with van der Waals surface area (Å²) in [5, 5.41) is 0. The Hall–Kier alpha value is -0.0800. The molecular weight excluding hydrogens is 222 g/mol. The van der Waals surface area contributed by atoms with Gasteiger partial charge >= 0.3 is 0 Å². The molecule has 0 bridgehead atoms. The fourth-order valence-corrected chi connectivity index (χ4v) is 4.47. The molecule has 1 aliphatic heterocycles. The van der Waals surface area contributed by atoms with Gasteiger partial charge in [0.2, 0.25) is 0 Å². The third kappa shape index (κ3) is 2.22. The standard InChI is InChI=1S/C16H29NO/c1-2-13-4-9-16(17,10-5-13)14-6-11-18-15(12-14)7-3-8-15/h13-14H,2-12,17H2,1H3. The van der Waals surface area contributed by atoms with Crippen LogP contribution in [0.5, 0.6) is 0 Å². The lowest BCUT2D eigenvalue weighted by Crippen LogP contribution is -2.56. The lowest BCUT2D eigenvalue weighted by molar-refractivity contribution is -0.154. The molecule has 0 aromatic rings. The predicted octanol–water partition coefficient (Wildman–Crippen LogP) is 3.63. The largest absolute Gasteiger partial charge is 0.375 e. The van der Waals surface area contributed by atoms with Crippen LogP contribution in [-0.2, 0) is 4.74 Å². The van der Waals surface area contributed by atoms with Gasteiger partial charge in [0, 0.05) is 12.1 Å². The van der Waals surface area contributed by atoms with E-state index < -0.39 is 0 Å². The second-order valence-corrected chi connectivity index (χ2v) is 7.16. The second kappa shape index (κ2) is 4.79. The smallest absolute Gasteiger partial charge is 0.0686 e. The molecular formula is C16H29NO. The van der Waals surface area contributed by atoms with E-state index in [9.17, 15) is 0 Å². The Labute approximate surface area is 112 Å². The van der Waals surface area contributed by atoms with Crippen LogP contribution in [0.4, 0.5) is 0 Å². The first-order valence-electron chi connectivity index (χ1n) is 8.09. The summed E-state index contributed by atoms with van der Waals surface area (Å²) in [6, 6.07) is 0. The molecule has 1 atom stereocenters. The van der Waals surface area contributed by atoms with Gasteiger partial charge in [-0.25, -0.2) is 0 Å². The Kier molecular flexibility index (Phi) is 3.44. The van der Waals surface area contributed by atoms with Gasteiger partial charge in [0.15, 0.2) is 0 Å². The van der Waals surface area contributed by atoms with Crippen LogP contribution in [0.1, 0.15) is 71.1 Å². The Morgan fingerprint density at radius 1 is 1.11 bits per heavy atom. The predicted molar refractivity (Wildman–Crippen MR) is 74.4 cm³/mol. The van der Waals surface area contributed by atoms with Crippen LogP contribution >= 0.6 is 0 Å². The zero-order valence-electron chi connectivity index (χ0n) is 11.9. The van der Waals surface area contributed by atoms with Gasteiger partial charge in [-0.2, -0.15) is 0 Å². The minimum Gasteiger partial charge on any atom is -0.375 e. The van der Waals surface area contributed by atoms with Gasteiger partial charge in [0.25, 0.3) is 0 Å². The fourth-order valence-electron chi connectivity index (χ4n) is 4.47. The van der Waals surface area contributed by atoms with Crippen molar-refractivity contribution >= 4 is 0 Å². The summed E-state index contributed by atoms with van der Waals surface area (Å²) in [6.45, 7) is 3.28. The van der Waals surface area contributed by atoms with Crippen molar-refractivity contribution in [1.29, 1.82) is 0 Å². The average Bonchev–Trinajstić information content (AvgIpc) is 2.38. The molecule has 0 aromatic heterocycles. The van der Waals surface area contributed by atoms with Gasteiger partial charge in [-0.15, -0.1) is 0 Å². The van der Waals surface area contributed by atoms with E-state index in [1.54, 1.807) is 0 Å². The lowest BCUT2D eigenvalue weighted by atomic mass is 9.62. The number of hydrogen-bond donors (Lipinski definition) is 1. The summed E-state index contributed by atoms with van der Waals surface area (Å²) in [5.74, 6) is 1.67. The average molecular weight is 251 g/mol. The molecule has 2 aliphatic carbocycles.